The van der Waals surface area contributed by atoms with Gasteiger partial charge in [-0.2, -0.15) is 0 Å². The van der Waals surface area contributed by atoms with Crippen molar-refractivity contribution in [3.05, 3.63) is 47.9 Å². The topological polar surface area (TPSA) is 81.0 Å². The molecule has 2 aromatic rings. The SMILES string of the molecule is COc1ccc(CN(C(=O)c2ccco2)C2CCCCNC2=O)cc1OC. The molecule has 1 aliphatic heterocycles. The van der Waals surface area contributed by atoms with Crippen molar-refractivity contribution in [2.45, 2.75) is 31.8 Å². The summed E-state index contributed by atoms with van der Waals surface area (Å²) in [6.07, 6.45) is 3.85. The first-order valence-corrected chi connectivity index (χ1v) is 8.97. The number of nitrogens with zero attached hydrogens (tertiary/aromatic N) is 1. The molecule has 3 rings (SSSR count). The van der Waals surface area contributed by atoms with Crippen LogP contribution in [-0.2, 0) is 11.3 Å². The molecule has 7 nitrogen and oxygen atoms in total. The average Bonchev–Trinajstić information content (AvgIpc) is 3.15. The molecule has 7 heteroatoms. The molecular weight excluding hydrogens is 348 g/mol. The Hall–Kier alpha value is -2.96. The van der Waals surface area contributed by atoms with E-state index in [1.54, 1.807) is 37.3 Å². The fraction of sp³-hybridized carbons (Fsp3) is 0.400. The van der Waals surface area contributed by atoms with Crippen LogP contribution in [0.2, 0.25) is 0 Å². The van der Waals surface area contributed by atoms with E-state index in [4.69, 9.17) is 13.9 Å². The first-order valence-electron chi connectivity index (χ1n) is 8.97. The van der Waals surface area contributed by atoms with Gasteiger partial charge in [0.1, 0.15) is 6.04 Å². The second-order valence-electron chi connectivity index (χ2n) is 6.40. The van der Waals surface area contributed by atoms with Gasteiger partial charge in [-0.25, -0.2) is 0 Å². The smallest absolute Gasteiger partial charge is 0.290 e. The summed E-state index contributed by atoms with van der Waals surface area (Å²) in [6.45, 7) is 0.895. The minimum Gasteiger partial charge on any atom is -0.493 e. The number of nitrogens with one attached hydrogen (secondary N) is 1. The molecule has 2 heterocycles. The molecule has 1 aromatic carbocycles. The molecule has 0 saturated carbocycles. The van der Waals surface area contributed by atoms with Crippen LogP contribution in [0.15, 0.2) is 41.0 Å². The molecule has 1 aliphatic rings. The molecular formula is C20H24N2O5. The van der Waals surface area contributed by atoms with Crippen LogP contribution >= 0.6 is 0 Å². The van der Waals surface area contributed by atoms with Crippen LogP contribution < -0.4 is 14.8 Å². The zero-order chi connectivity index (χ0) is 19.2. The number of benzene rings is 1. The molecule has 27 heavy (non-hydrogen) atoms. The second kappa shape index (κ2) is 8.62. The summed E-state index contributed by atoms with van der Waals surface area (Å²) in [6, 6.07) is 8.19. The summed E-state index contributed by atoms with van der Waals surface area (Å²) in [5, 5.41) is 2.89. The number of hydrogen-bond acceptors (Lipinski definition) is 5. The maximum absolute atomic E-state index is 13.0. The Morgan fingerprint density at radius 2 is 2.04 bits per heavy atom. The fourth-order valence-corrected chi connectivity index (χ4v) is 3.26. The van der Waals surface area contributed by atoms with Crippen molar-refractivity contribution in [2.24, 2.45) is 0 Å². The van der Waals surface area contributed by atoms with Crippen LogP contribution in [0.3, 0.4) is 0 Å². The van der Waals surface area contributed by atoms with Gasteiger partial charge in [0.2, 0.25) is 5.91 Å². The van der Waals surface area contributed by atoms with E-state index in [0.29, 0.717) is 24.5 Å². The number of ether oxygens (including phenoxy) is 2. The summed E-state index contributed by atoms with van der Waals surface area (Å²) in [5.41, 5.74) is 0.838. The third-order valence-corrected chi connectivity index (χ3v) is 4.68. The Kier molecular flexibility index (Phi) is 6.01. The average molecular weight is 372 g/mol. The standard InChI is InChI=1S/C20H24N2O5/c1-25-16-9-8-14(12-18(16)26-2)13-22(20(24)17-7-5-11-27-17)15-6-3-4-10-21-19(15)23/h5,7-9,11-12,15H,3-4,6,10,13H2,1-2H3,(H,21,23). The van der Waals surface area contributed by atoms with Crippen molar-refractivity contribution >= 4 is 11.8 Å². The predicted molar refractivity (Wildman–Crippen MR) is 98.8 cm³/mol. The summed E-state index contributed by atoms with van der Waals surface area (Å²) in [4.78, 5) is 27.2. The molecule has 1 N–H and O–H groups in total. The van der Waals surface area contributed by atoms with Gasteiger partial charge in [0.25, 0.3) is 5.91 Å². The van der Waals surface area contributed by atoms with Crippen molar-refractivity contribution < 1.29 is 23.5 Å². The van der Waals surface area contributed by atoms with Crippen LogP contribution in [0.5, 0.6) is 11.5 Å². The predicted octanol–water partition coefficient (Wildman–Crippen LogP) is 2.61. The molecule has 1 saturated heterocycles. The van der Waals surface area contributed by atoms with Crippen LogP contribution in [0.25, 0.3) is 0 Å². The number of carbonyl (C=O) groups is 2. The lowest BCUT2D eigenvalue weighted by atomic mass is 10.1. The van der Waals surface area contributed by atoms with Crippen molar-refractivity contribution in [2.75, 3.05) is 20.8 Å². The van der Waals surface area contributed by atoms with Crippen molar-refractivity contribution in [3.63, 3.8) is 0 Å². The first-order chi connectivity index (χ1) is 13.1. The zero-order valence-corrected chi connectivity index (χ0v) is 15.6. The van der Waals surface area contributed by atoms with Crippen LogP contribution in [0, 0.1) is 0 Å². The third-order valence-electron chi connectivity index (χ3n) is 4.68. The number of amides is 2. The van der Waals surface area contributed by atoms with Gasteiger partial charge >= 0.3 is 0 Å². The molecule has 1 fully saturated rings. The Balaban J connectivity index is 1.92. The minimum atomic E-state index is -0.543. The van der Waals surface area contributed by atoms with Gasteiger partial charge < -0.3 is 24.1 Å². The molecule has 0 aliphatic carbocycles. The maximum Gasteiger partial charge on any atom is 0.290 e. The van der Waals surface area contributed by atoms with Gasteiger partial charge in [0.05, 0.1) is 20.5 Å². The molecule has 1 unspecified atom stereocenters. The Bertz CT molecular complexity index is 788. The van der Waals surface area contributed by atoms with E-state index in [1.807, 2.05) is 12.1 Å². The van der Waals surface area contributed by atoms with Crippen LogP contribution in [-0.4, -0.2) is 43.5 Å². The molecule has 0 radical (unpaired) electrons. The van der Waals surface area contributed by atoms with Crippen molar-refractivity contribution in [1.82, 2.24) is 10.2 Å². The monoisotopic (exact) mass is 372 g/mol. The zero-order valence-electron chi connectivity index (χ0n) is 15.6. The highest BCUT2D eigenvalue weighted by Gasteiger charge is 2.32. The van der Waals surface area contributed by atoms with E-state index in [1.165, 1.54) is 6.26 Å². The van der Waals surface area contributed by atoms with E-state index >= 15 is 0 Å². The number of rotatable bonds is 6. The molecule has 0 bridgehead atoms. The lowest BCUT2D eigenvalue weighted by Gasteiger charge is -2.29. The number of hydrogen-bond donors (Lipinski definition) is 1. The Morgan fingerprint density at radius 3 is 2.74 bits per heavy atom. The molecule has 144 valence electrons. The summed E-state index contributed by atoms with van der Waals surface area (Å²) >= 11 is 0. The van der Waals surface area contributed by atoms with Gasteiger partial charge in [0.15, 0.2) is 17.3 Å². The van der Waals surface area contributed by atoms with Gasteiger partial charge in [-0.05, 0) is 49.1 Å². The van der Waals surface area contributed by atoms with E-state index < -0.39 is 6.04 Å². The minimum absolute atomic E-state index is 0.132. The highest BCUT2D eigenvalue weighted by atomic mass is 16.5. The Labute approximate surface area is 158 Å². The van der Waals surface area contributed by atoms with Crippen LogP contribution in [0.1, 0.15) is 35.4 Å². The second-order valence-corrected chi connectivity index (χ2v) is 6.40. The van der Waals surface area contributed by atoms with Gasteiger partial charge in [0, 0.05) is 13.1 Å². The summed E-state index contributed by atoms with van der Waals surface area (Å²) < 4.78 is 15.9. The number of carbonyl (C=O) groups excluding carboxylic acids is 2. The molecule has 0 spiro atoms. The lowest BCUT2D eigenvalue weighted by Crippen LogP contribution is -2.48. The third kappa shape index (κ3) is 4.24. The fourth-order valence-electron chi connectivity index (χ4n) is 3.26. The van der Waals surface area contributed by atoms with E-state index in [9.17, 15) is 9.59 Å². The van der Waals surface area contributed by atoms with E-state index in [0.717, 1.165) is 18.4 Å². The van der Waals surface area contributed by atoms with Crippen LogP contribution in [0.4, 0.5) is 0 Å². The van der Waals surface area contributed by atoms with E-state index in [2.05, 4.69) is 5.32 Å². The number of furan rings is 1. The lowest BCUT2D eigenvalue weighted by molar-refractivity contribution is -0.125. The molecule has 2 amide bonds. The highest BCUT2D eigenvalue weighted by Crippen LogP contribution is 2.29. The van der Waals surface area contributed by atoms with Gasteiger partial charge in [-0.3, -0.25) is 9.59 Å². The summed E-state index contributed by atoms with van der Waals surface area (Å²) in [7, 11) is 3.13. The maximum atomic E-state index is 13.0. The summed E-state index contributed by atoms with van der Waals surface area (Å²) in [5.74, 6) is 0.959. The first kappa shape index (κ1) is 18.8. The van der Waals surface area contributed by atoms with E-state index in [-0.39, 0.29) is 24.1 Å². The highest BCUT2D eigenvalue weighted by molar-refractivity contribution is 5.95. The Morgan fingerprint density at radius 1 is 1.22 bits per heavy atom. The van der Waals surface area contributed by atoms with Crippen molar-refractivity contribution in [1.29, 1.82) is 0 Å². The molecule has 1 atom stereocenters. The quantitative estimate of drug-likeness (QED) is 0.843. The van der Waals surface area contributed by atoms with Crippen molar-refractivity contribution in [3.8, 4) is 11.5 Å². The van der Waals surface area contributed by atoms with Gasteiger partial charge in [-0.15, -0.1) is 0 Å². The largest absolute Gasteiger partial charge is 0.493 e. The molecule has 1 aromatic heterocycles. The normalized spacial score (nSPS) is 17.0. The number of methoxy groups -OCH3 is 2. The van der Waals surface area contributed by atoms with Gasteiger partial charge in [-0.1, -0.05) is 6.07 Å².